The lowest BCUT2D eigenvalue weighted by Gasteiger charge is -2.25. The smallest absolute Gasteiger partial charge is 0.264 e. The van der Waals surface area contributed by atoms with Gasteiger partial charge in [0.15, 0.2) is 0 Å². The van der Waals surface area contributed by atoms with Crippen LogP contribution in [0.3, 0.4) is 0 Å². The number of ether oxygens (including phenoxy) is 3. The SMILES string of the molecule is C=CCN(c1ccccc1OC)S(=O)(=O)c1ccc(Cl)c(C(=O)Nc2cc(OC)ccc2OC)c1. The number of carbonyl (C=O) groups is 1. The molecule has 3 aromatic carbocycles. The van der Waals surface area contributed by atoms with Crippen molar-refractivity contribution < 1.29 is 27.4 Å². The molecule has 184 valence electrons. The summed E-state index contributed by atoms with van der Waals surface area (Å²) in [6.45, 7) is 3.65. The van der Waals surface area contributed by atoms with Crippen LogP contribution in [-0.4, -0.2) is 42.2 Å². The zero-order valence-electron chi connectivity index (χ0n) is 19.4. The van der Waals surface area contributed by atoms with Gasteiger partial charge < -0.3 is 19.5 Å². The highest BCUT2D eigenvalue weighted by atomic mass is 35.5. The van der Waals surface area contributed by atoms with Gasteiger partial charge in [0.25, 0.3) is 15.9 Å². The van der Waals surface area contributed by atoms with E-state index in [9.17, 15) is 13.2 Å². The average molecular weight is 517 g/mol. The van der Waals surface area contributed by atoms with Crippen LogP contribution in [0.5, 0.6) is 17.2 Å². The number of hydrogen-bond acceptors (Lipinski definition) is 6. The van der Waals surface area contributed by atoms with Crippen LogP contribution in [0.15, 0.2) is 78.2 Å². The van der Waals surface area contributed by atoms with Gasteiger partial charge in [-0.3, -0.25) is 9.10 Å². The predicted octanol–water partition coefficient (Wildman–Crippen LogP) is 5.00. The van der Waals surface area contributed by atoms with E-state index in [4.69, 9.17) is 25.8 Å². The molecule has 0 aliphatic carbocycles. The zero-order chi connectivity index (χ0) is 25.6. The highest BCUT2D eigenvalue weighted by Crippen LogP contribution is 2.34. The Bertz CT molecular complexity index is 1340. The van der Waals surface area contributed by atoms with E-state index < -0.39 is 15.9 Å². The number of hydrogen-bond donors (Lipinski definition) is 1. The third-order valence-corrected chi connectivity index (χ3v) is 7.18. The Kier molecular flexibility index (Phi) is 8.26. The molecule has 3 rings (SSSR count). The molecular weight excluding hydrogens is 492 g/mol. The molecule has 0 bridgehead atoms. The van der Waals surface area contributed by atoms with Crippen LogP contribution < -0.4 is 23.8 Å². The molecule has 0 unspecified atom stereocenters. The molecule has 0 heterocycles. The van der Waals surface area contributed by atoms with E-state index in [2.05, 4.69) is 11.9 Å². The van der Waals surface area contributed by atoms with Gasteiger partial charge in [-0.25, -0.2) is 8.42 Å². The van der Waals surface area contributed by atoms with Crippen LogP contribution in [0, 0.1) is 0 Å². The van der Waals surface area contributed by atoms with Gasteiger partial charge in [0.2, 0.25) is 0 Å². The third kappa shape index (κ3) is 5.52. The molecular formula is C25H25ClN2O6S. The van der Waals surface area contributed by atoms with Gasteiger partial charge >= 0.3 is 0 Å². The third-order valence-electron chi connectivity index (χ3n) is 5.07. The minimum Gasteiger partial charge on any atom is -0.497 e. The quantitative estimate of drug-likeness (QED) is 0.381. The van der Waals surface area contributed by atoms with E-state index in [0.717, 1.165) is 4.31 Å². The number of sulfonamides is 1. The second kappa shape index (κ2) is 11.2. The summed E-state index contributed by atoms with van der Waals surface area (Å²) < 4.78 is 44.2. The van der Waals surface area contributed by atoms with Gasteiger partial charge in [0, 0.05) is 6.07 Å². The van der Waals surface area contributed by atoms with Crippen molar-refractivity contribution >= 4 is 38.9 Å². The van der Waals surface area contributed by atoms with E-state index in [0.29, 0.717) is 28.6 Å². The number of anilines is 2. The van der Waals surface area contributed by atoms with Crippen LogP contribution in [-0.2, 0) is 10.0 Å². The maximum absolute atomic E-state index is 13.6. The molecule has 0 fully saturated rings. The number of amides is 1. The Hall–Kier alpha value is -3.69. The molecule has 0 spiro atoms. The lowest BCUT2D eigenvalue weighted by atomic mass is 10.2. The summed E-state index contributed by atoms with van der Waals surface area (Å²) in [5.41, 5.74) is 0.636. The van der Waals surface area contributed by atoms with Crippen molar-refractivity contribution in [3.05, 3.63) is 83.9 Å². The van der Waals surface area contributed by atoms with Crippen molar-refractivity contribution in [3.63, 3.8) is 0 Å². The molecule has 0 saturated heterocycles. The summed E-state index contributed by atoms with van der Waals surface area (Å²) in [6, 6.07) is 15.5. The second-order valence-electron chi connectivity index (χ2n) is 7.16. The van der Waals surface area contributed by atoms with Crippen molar-refractivity contribution in [2.75, 3.05) is 37.5 Å². The molecule has 1 amide bonds. The summed E-state index contributed by atoms with van der Waals surface area (Å²) in [5.74, 6) is 0.647. The maximum atomic E-state index is 13.6. The molecule has 3 aromatic rings. The maximum Gasteiger partial charge on any atom is 0.264 e. The van der Waals surface area contributed by atoms with E-state index in [1.807, 2.05) is 0 Å². The first-order chi connectivity index (χ1) is 16.8. The lowest BCUT2D eigenvalue weighted by molar-refractivity contribution is 0.102. The molecule has 0 aliphatic heterocycles. The van der Waals surface area contributed by atoms with Crippen molar-refractivity contribution in [1.82, 2.24) is 0 Å². The van der Waals surface area contributed by atoms with Gasteiger partial charge in [-0.1, -0.05) is 29.8 Å². The van der Waals surface area contributed by atoms with Crippen molar-refractivity contribution in [2.45, 2.75) is 4.90 Å². The molecule has 0 radical (unpaired) electrons. The summed E-state index contributed by atoms with van der Waals surface area (Å²) >= 11 is 6.28. The van der Waals surface area contributed by atoms with Crippen LogP contribution in [0.2, 0.25) is 5.02 Å². The van der Waals surface area contributed by atoms with Gasteiger partial charge in [0.1, 0.15) is 17.2 Å². The van der Waals surface area contributed by atoms with Crippen molar-refractivity contribution in [1.29, 1.82) is 0 Å². The monoisotopic (exact) mass is 516 g/mol. The first-order valence-corrected chi connectivity index (χ1v) is 12.2. The van der Waals surface area contributed by atoms with E-state index in [1.54, 1.807) is 42.5 Å². The van der Waals surface area contributed by atoms with Crippen LogP contribution in [0.1, 0.15) is 10.4 Å². The number of benzene rings is 3. The first-order valence-electron chi connectivity index (χ1n) is 10.4. The molecule has 35 heavy (non-hydrogen) atoms. The highest BCUT2D eigenvalue weighted by molar-refractivity contribution is 7.92. The zero-order valence-corrected chi connectivity index (χ0v) is 21.0. The fourth-order valence-electron chi connectivity index (χ4n) is 3.35. The van der Waals surface area contributed by atoms with Gasteiger partial charge in [-0.15, -0.1) is 6.58 Å². The molecule has 0 aromatic heterocycles. The second-order valence-corrected chi connectivity index (χ2v) is 9.43. The summed E-state index contributed by atoms with van der Waals surface area (Å²) in [5, 5.41) is 2.78. The summed E-state index contributed by atoms with van der Waals surface area (Å²) in [4.78, 5) is 13.0. The minimum atomic E-state index is -4.12. The van der Waals surface area contributed by atoms with E-state index in [1.165, 1.54) is 45.6 Å². The fourth-order valence-corrected chi connectivity index (χ4v) is 5.02. The van der Waals surface area contributed by atoms with Gasteiger partial charge in [-0.05, 0) is 42.5 Å². The Morgan fingerprint density at radius 3 is 2.37 bits per heavy atom. The largest absolute Gasteiger partial charge is 0.497 e. The Morgan fingerprint density at radius 1 is 1.00 bits per heavy atom. The molecule has 1 N–H and O–H groups in total. The summed E-state index contributed by atoms with van der Waals surface area (Å²) in [6.07, 6.45) is 1.46. The number of halogens is 1. The number of rotatable bonds is 10. The Labute approximate surface area is 209 Å². The normalized spacial score (nSPS) is 10.9. The number of carbonyl (C=O) groups excluding carboxylic acids is 1. The first kappa shape index (κ1) is 25.9. The summed E-state index contributed by atoms with van der Waals surface area (Å²) in [7, 11) is 0.292. The van der Waals surface area contributed by atoms with E-state index >= 15 is 0 Å². The molecule has 0 aliphatic rings. The Morgan fingerprint density at radius 2 is 1.71 bits per heavy atom. The standard InChI is InChI=1S/C25H25ClN2O6S/c1-5-14-28(22-8-6-7-9-24(22)34-4)35(30,31)18-11-12-20(26)19(16-18)25(29)27-21-15-17(32-2)10-13-23(21)33-3/h5-13,15-16H,1,14H2,2-4H3,(H,27,29). The number of para-hydroxylation sites is 2. The molecule has 10 heteroatoms. The number of methoxy groups -OCH3 is 3. The molecule has 8 nitrogen and oxygen atoms in total. The Balaban J connectivity index is 2.03. The molecule has 0 atom stereocenters. The fraction of sp³-hybridized carbons (Fsp3) is 0.160. The van der Waals surface area contributed by atoms with Gasteiger partial charge in [0.05, 0.1) is 54.7 Å². The van der Waals surface area contributed by atoms with Crippen molar-refractivity contribution in [3.8, 4) is 17.2 Å². The average Bonchev–Trinajstić information content (AvgIpc) is 2.87. The number of nitrogens with zero attached hydrogens (tertiary/aromatic N) is 1. The van der Waals surface area contributed by atoms with Crippen LogP contribution in [0.25, 0.3) is 0 Å². The topological polar surface area (TPSA) is 94.2 Å². The highest BCUT2D eigenvalue weighted by Gasteiger charge is 2.28. The number of nitrogens with one attached hydrogen (secondary N) is 1. The van der Waals surface area contributed by atoms with Gasteiger partial charge in [-0.2, -0.15) is 0 Å². The molecule has 0 saturated carbocycles. The minimum absolute atomic E-state index is 0.0200. The lowest BCUT2D eigenvalue weighted by Crippen LogP contribution is -2.31. The van der Waals surface area contributed by atoms with E-state index in [-0.39, 0.29) is 22.0 Å². The van der Waals surface area contributed by atoms with Crippen LogP contribution in [0.4, 0.5) is 11.4 Å². The predicted molar refractivity (Wildman–Crippen MR) is 137 cm³/mol. The van der Waals surface area contributed by atoms with Crippen LogP contribution >= 0.6 is 11.6 Å². The van der Waals surface area contributed by atoms with Crippen molar-refractivity contribution in [2.24, 2.45) is 0 Å².